The Balaban J connectivity index is 0.00000200. The second kappa shape index (κ2) is 8.07. The lowest BCUT2D eigenvalue weighted by Gasteiger charge is -2.23. The van der Waals surface area contributed by atoms with Crippen molar-refractivity contribution < 1.29 is 13.9 Å². The highest BCUT2D eigenvalue weighted by Gasteiger charge is 2.15. The summed E-state index contributed by atoms with van der Waals surface area (Å²) in [4.78, 5) is 11.9. The van der Waals surface area contributed by atoms with E-state index in [0.29, 0.717) is 5.56 Å². The van der Waals surface area contributed by atoms with Crippen molar-refractivity contribution in [1.82, 2.24) is 10.6 Å². The van der Waals surface area contributed by atoms with Gasteiger partial charge in [-0.25, -0.2) is 4.39 Å². The van der Waals surface area contributed by atoms with E-state index in [1.165, 1.54) is 13.2 Å². The Morgan fingerprint density at radius 1 is 1.45 bits per heavy atom. The van der Waals surface area contributed by atoms with E-state index in [-0.39, 0.29) is 36.5 Å². The highest BCUT2D eigenvalue weighted by Crippen LogP contribution is 2.18. The molecule has 0 bridgehead atoms. The Labute approximate surface area is 124 Å². The highest BCUT2D eigenvalue weighted by atomic mass is 35.5. The second-order valence-electron chi connectivity index (χ2n) is 4.74. The Kier molecular flexibility index (Phi) is 6.75. The van der Waals surface area contributed by atoms with Crippen LogP contribution in [0.1, 0.15) is 18.4 Å². The van der Waals surface area contributed by atoms with Crippen LogP contribution in [-0.2, 0) is 11.2 Å². The van der Waals surface area contributed by atoms with E-state index in [9.17, 15) is 9.18 Å². The van der Waals surface area contributed by atoms with Gasteiger partial charge in [-0.15, -0.1) is 12.4 Å². The first-order chi connectivity index (χ1) is 9.19. The summed E-state index contributed by atoms with van der Waals surface area (Å²) in [6.45, 7) is 1.87. The zero-order valence-electron chi connectivity index (χ0n) is 11.4. The standard InChI is InChI=1S/C14H19FN2O2.ClH/c1-19-13-3-2-10(8-12(13)15)9-14(18)17-11-4-6-16-7-5-11;/h2-3,8,11,16H,4-7,9H2,1H3,(H,17,18);1H. The monoisotopic (exact) mass is 302 g/mol. The SMILES string of the molecule is COc1ccc(CC(=O)NC2CCNCC2)cc1F.Cl. The van der Waals surface area contributed by atoms with Crippen molar-refractivity contribution in [3.05, 3.63) is 29.6 Å². The summed E-state index contributed by atoms with van der Waals surface area (Å²) in [5.74, 6) is -0.298. The summed E-state index contributed by atoms with van der Waals surface area (Å²) >= 11 is 0. The maximum atomic E-state index is 13.5. The molecule has 1 aliphatic rings. The molecule has 1 aromatic rings. The molecule has 0 atom stereocenters. The van der Waals surface area contributed by atoms with Gasteiger partial charge in [0.25, 0.3) is 0 Å². The molecule has 0 aromatic heterocycles. The predicted octanol–water partition coefficient (Wildman–Crippen LogP) is 1.67. The van der Waals surface area contributed by atoms with Gasteiger partial charge in [0.15, 0.2) is 11.6 Å². The summed E-state index contributed by atoms with van der Waals surface area (Å²) in [7, 11) is 1.42. The lowest BCUT2D eigenvalue weighted by molar-refractivity contribution is -0.121. The van der Waals surface area contributed by atoms with Gasteiger partial charge in [0, 0.05) is 6.04 Å². The third-order valence-electron chi connectivity index (χ3n) is 3.29. The van der Waals surface area contributed by atoms with Gasteiger partial charge in [0.05, 0.1) is 13.5 Å². The number of ether oxygens (including phenoxy) is 1. The van der Waals surface area contributed by atoms with Crippen LogP contribution in [0.3, 0.4) is 0 Å². The molecule has 1 amide bonds. The van der Waals surface area contributed by atoms with E-state index in [2.05, 4.69) is 10.6 Å². The topological polar surface area (TPSA) is 50.4 Å². The number of carbonyl (C=O) groups is 1. The molecular weight excluding hydrogens is 283 g/mol. The highest BCUT2D eigenvalue weighted by molar-refractivity contribution is 5.85. The number of amides is 1. The van der Waals surface area contributed by atoms with Crippen molar-refractivity contribution >= 4 is 18.3 Å². The fourth-order valence-corrected chi connectivity index (χ4v) is 2.25. The van der Waals surface area contributed by atoms with Crippen LogP contribution in [0, 0.1) is 5.82 Å². The summed E-state index contributed by atoms with van der Waals surface area (Å²) < 4.78 is 18.3. The smallest absolute Gasteiger partial charge is 0.224 e. The van der Waals surface area contributed by atoms with Crippen LogP contribution < -0.4 is 15.4 Å². The first-order valence-corrected chi connectivity index (χ1v) is 6.51. The molecule has 112 valence electrons. The molecule has 4 nitrogen and oxygen atoms in total. The molecule has 2 rings (SSSR count). The zero-order valence-corrected chi connectivity index (χ0v) is 12.3. The molecule has 1 saturated heterocycles. The fraction of sp³-hybridized carbons (Fsp3) is 0.500. The van der Waals surface area contributed by atoms with Crippen LogP contribution in [0.15, 0.2) is 18.2 Å². The Morgan fingerprint density at radius 3 is 2.75 bits per heavy atom. The number of hydrogen-bond acceptors (Lipinski definition) is 3. The van der Waals surface area contributed by atoms with Gasteiger partial charge in [0.1, 0.15) is 0 Å². The molecule has 1 aromatic carbocycles. The minimum Gasteiger partial charge on any atom is -0.494 e. The molecule has 1 aliphatic heterocycles. The number of carbonyl (C=O) groups excluding carboxylic acids is 1. The molecule has 0 unspecified atom stereocenters. The van der Waals surface area contributed by atoms with Crippen molar-refractivity contribution in [3.63, 3.8) is 0 Å². The summed E-state index contributed by atoms with van der Waals surface area (Å²) in [6, 6.07) is 4.84. The van der Waals surface area contributed by atoms with E-state index in [4.69, 9.17) is 4.74 Å². The van der Waals surface area contributed by atoms with Gasteiger partial charge < -0.3 is 15.4 Å². The molecule has 2 N–H and O–H groups in total. The Bertz CT molecular complexity index is 451. The second-order valence-corrected chi connectivity index (χ2v) is 4.74. The number of methoxy groups -OCH3 is 1. The maximum absolute atomic E-state index is 13.5. The van der Waals surface area contributed by atoms with Crippen molar-refractivity contribution in [1.29, 1.82) is 0 Å². The number of halogens is 2. The lowest BCUT2D eigenvalue weighted by atomic mass is 10.1. The summed E-state index contributed by atoms with van der Waals surface area (Å²) in [5, 5.41) is 6.23. The number of piperidine rings is 1. The number of nitrogens with one attached hydrogen (secondary N) is 2. The number of rotatable bonds is 4. The van der Waals surface area contributed by atoms with Gasteiger partial charge in [-0.2, -0.15) is 0 Å². The predicted molar refractivity (Wildman–Crippen MR) is 77.9 cm³/mol. The first kappa shape index (κ1) is 16.7. The third-order valence-corrected chi connectivity index (χ3v) is 3.29. The largest absolute Gasteiger partial charge is 0.494 e. The molecule has 0 saturated carbocycles. The summed E-state index contributed by atoms with van der Waals surface area (Å²) in [5.41, 5.74) is 0.657. The molecule has 20 heavy (non-hydrogen) atoms. The first-order valence-electron chi connectivity index (χ1n) is 6.51. The molecule has 0 radical (unpaired) electrons. The van der Waals surface area contributed by atoms with Gasteiger partial charge in [0.2, 0.25) is 5.91 Å². The van der Waals surface area contributed by atoms with Crippen LogP contribution in [-0.4, -0.2) is 32.1 Å². The fourth-order valence-electron chi connectivity index (χ4n) is 2.25. The van der Waals surface area contributed by atoms with E-state index >= 15 is 0 Å². The Hall–Kier alpha value is -1.33. The average Bonchev–Trinajstić information content (AvgIpc) is 2.40. The van der Waals surface area contributed by atoms with Gasteiger partial charge in [-0.3, -0.25) is 4.79 Å². The lowest BCUT2D eigenvalue weighted by Crippen LogP contribution is -2.43. The van der Waals surface area contributed by atoms with Gasteiger partial charge in [-0.1, -0.05) is 6.07 Å². The minimum absolute atomic E-state index is 0. The van der Waals surface area contributed by atoms with Crippen LogP contribution >= 0.6 is 12.4 Å². The Morgan fingerprint density at radius 2 is 2.15 bits per heavy atom. The van der Waals surface area contributed by atoms with Crippen LogP contribution in [0.5, 0.6) is 5.75 Å². The minimum atomic E-state index is -0.435. The van der Waals surface area contributed by atoms with Crippen LogP contribution in [0.25, 0.3) is 0 Å². The molecular formula is C14H20ClFN2O2. The quantitative estimate of drug-likeness (QED) is 0.889. The normalized spacial score (nSPS) is 15.3. The van der Waals surface area contributed by atoms with Crippen molar-refractivity contribution in [2.45, 2.75) is 25.3 Å². The molecule has 6 heteroatoms. The average molecular weight is 303 g/mol. The van der Waals surface area contributed by atoms with Crippen molar-refractivity contribution in [2.75, 3.05) is 20.2 Å². The van der Waals surface area contributed by atoms with Crippen LogP contribution in [0.2, 0.25) is 0 Å². The molecule has 0 spiro atoms. The van der Waals surface area contributed by atoms with Crippen molar-refractivity contribution in [2.24, 2.45) is 0 Å². The molecule has 1 fully saturated rings. The number of hydrogen-bond donors (Lipinski definition) is 2. The third kappa shape index (κ3) is 4.65. The van der Waals surface area contributed by atoms with Crippen LogP contribution in [0.4, 0.5) is 4.39 Å². The summed E-state index contributed by atoms with van der Waals surface area (Å²) in [6.07, 6.45) is 2.09. The molecule has 0 aliphatic carbocycles. The number of benzene rings is 1. The van der Waals surface area contributed by atoms with E-state index < -0.39 is 5.82 Å². The molecule has 1 heterocycles. The maximum Gasteiger partial charge on any atom is 0.224 e. The van der Waals surface area contributed by atoms with E-state index in [1.807, 2.05) is 0 Å². The van der Waals surface area contributed by atoms with E-state index in [1.54, 1.807) is 12.1 Å². The zero-order chi connectivity index (χ0) is 13.7. The van der Waals surface area contributed by atoms with Crippen molar-refractivity contribution in [3.8, 4) is 5.75 Å². The van der Waals surface area contributed by atoms with E-state index in [0.717, 1.165) is 25.9 Å². The van der Waals surface area contributed by atoms with Gasteiger partial charge in [-0.05, 0) is 43.6 Å². The van der Waals surface area contributed by atoms with Gasteiger partial charge >= 0.3 is 0 Å².